The first-order valence-electron chi connectivity index (χ1n) is 5.58. The second-order valence-corrected chi connectivity index (χ2v) is 4.33. The van der Waals surface area contributed by atoms with E-state index in [1.54, 1.807) is 5.57 Å². The summed E-state index contributed by atoms with van der Waals surface area (Å²) < 4.78 is 0. The van der Waals surface area contributed by atoms with Crippen LogP contribution in [0.25, 0.3) is 0 Å². The van der Waals surface area contributed by atoms with Gasteiger partial charge in [0.1, 0.15) is 0 Å². The zero-order valence-corrected chi connectivity index (χ0v) is 8.87. The zero-order valence-electron chi connectivity index (χ0n) is 8.87. The van der Waals surface area contributed by atoms with Gasteiger partial charge in [0.2, 0.25) is 0 Å². The first kappa shape index (κ1) is 9.51. The van der Waals surface area contributed by atoms with Crippen LogP contribution in [0.15, 0.2) is 42.0 Å². The second-order valence-electron chi connectivity index (χ2n) is 4.33. The molecule has 2 rings (SSSR count). The van der Waals surface area contributed by atoms with Crippen molar-refractivity contribution in [1.29, 1.82) is 0 Å². The highest BCUT2D eigenvalue weighted by atomic mass is 14.2. The summed E-state index contributed by atoms with van der Waals surface area (Å²) in [5.74, 6) is 0.820. The molecule has 1 aromatic rings. The summed E-state index contributed by atoms with van der Waals surface area (Å²) in [6.45, 7) is 2.31. The summed E-state index contributed by atoms with van der Waals surface area (Å²) in [5, 5.41) is 0. The number of rotatable bonds is 3. The highest BCUT2D eigenvalue weighted by molar-refractivity contribution is 5.18. The zero-order chi connectivity index (χ0) is 9.80. The van der Waals surface area contributed by atoms with Crippen molar-refractivity contribution >= 4 is 0 Å². The fourth-order valence-electron chi connectivity index (χ4n) is 2.14. The minimum absolute atomic E-state index is 0.820. The molecule has 1 aliphatic carbocycles. The average Bonchev–Trinajstić information content (AvgIpc) is 2.63. The van der Waals surface area contributed by atoms with E-state index < -0.39 is 0 Å². The van der Waals surface area contributed by atoms with Crippen LogP contribution in [0.3, 0.4) is 0 Å². The summed E-state index contributed by atoms with van der Waals surface area (Å²) in [7, 11) is 0. The summed E-state index contributed by atoms with van der Waals surface area (Å²) >= 11 is 0. The van der Waals surface area contributed by atoms with Gasteiger partial charge in [0, 0.05) is 0 Å². The Morgan fingerprint density at radius 3 is 2.57 bits per heavy atom. The number of aryl methyl sites for hydroxylation is 1. The third-order valence-corrected chi connectivity index (χ3v) is 3.02. The standard InChI is InChI=1S/C14H18/c1-12-7-8-14(11-12)10-9-13-5-3-2-4-6-13/h2-6,11-12H,7-10H2,1H3. The molecular weight excluding hydrogens is 168 g/mol. The Bertz CT molecular complexity index is 308. The quantitative estimate of drug-likeness (QED) is 0.626. The molecule has 0 nitrogen and oxygen atoms in total. The van der Waals surface area contributed by atoms with E-state index in [9.17, 15) is 0 Å². The third-order valence-electron chi connectivity index (χ3n) is 3.02. The monoisotopic (exact) mass is 186 g/mol. The molecule has 0 saturated carbocycles. The molecule has 0 saturated heterocycles. The minimum atomic E-state index is 0.820. The predicted molar refractivity (Wildman–Crippen MR) is 61.2 cm³/mol. The Morgan fingerprint density at radius 1 is 1.14 bits per heavy atom. The second kappa shape index (κ2) is 4.45. The number of hydrogen-bond donors (Lipinski definition) is 0. The van der Waals surface area contributed by atoms with Crippen molar-refractivity contribution < 1.29 is 0 Å². The van der Waals surface area contributed by atoms with Gasteiger partial charge in [0.05, 0.1) is 0 Å². The molecule has 0 amide bonds. The van der Waals surface area contributed by atoms with Crippen LogP contribution in [0.4, 0.5) is 0 Å². The van der Waals surface area contributed by atoms with Crippen LogP contribution in [0.2, 0.25) is 0 Å². The summed E-state index contributed by atoms with van der Waals surface area (Å²) in [5.41, 5.74) is 3.13. The van der Waals surface area contributed by atoms with E-state index in [4.69, 9.17) is 0 Å². The van der Waals surface area contributed by atoms with Gasteiger partial charge >= 0.3 is 0 Å². The number of allylic oxidation sites excluding steroid dienone is 2. The first-order valence-corrected chi connectivity index (χ1v) is 5.58. The van der Waals surface area contributed by atoms with Crippen molar-refractivity contribution in [3.8, 4) is 0 Å². The first-order chi connectivity index (χ1) is 6.84. The molecule has 0 spiro atoms. The van der Waals surface area contributed by atoms with E-state index in [0.717, 1.165) is 5.92 Å². The molecule has 0 radical (unpaired) electrons. The van der Waals surface area contributed by atoms with Gasteiger partial charge in [-0.3, -0.25) is 0 Å². The fraction of sp³-hybridized carbons (Fsp3) is 0.429. The molecule has 0 heterocycles. The van der Waals surface area contributed by atoms with Crippen molar-refractivity contribution in [2.45, 2.75) is 32.6 Å². The van der Waals surface area contributed by atoms with E-state index in [0.29, 0.717) is 0 Å². The Labute approximate surface area is 86.7 Å². The summed E-state index contributed by atoms with van der Waals surface area (Å²) in [6, 6.07) is 10.8. The lowest BCUT2D eigenvalue weighted by molar-refractivity contribution is 0.693. The van der Waals surface area contributed by atoms with Gasteiger partial charge in [0.15, 0.2) is 0 Å². The SMILES string of the molecule is CC1C=C(CCc2ccccc2)CC1. The fourth-order valence-corrected chi connectivity index (χ4v) is 2.14. The predicted octanol–water partition coefficient (Wildman–Crippen LogP) is 3.98. The summed E-state index contributed by atoms with van der Waals surface area (Å²) in [4.78, 5) is 0. The van der Waals surface area contributed by atoms with Crippen LogP contribution in [-0.2, 0) is 6.42 Å². The van der Waals surface area contributed by atoms with Crippen LogP contribution < -0.4 is 0 Å². The van der Waals surface area contributed by atoms with Gasteiger partial charge in [-0.25, -0.2) is 0 Å². The van der Waals surface area contributed by atoms with Crippen LogP contribution >= 0.6 is 0 Å². The Morgan fingerprint density at radius 2 is 1.93 bits per heavy atom. The van der Waals surface area contributed by atoms with Crippen LogP contribution in [0, 0.1) is 5.92 Å². The van der Waals surface area contributed by atoms with Gasteiger partial charge < -0.3 is 0 Å². The van der Waals surface area contributed by atoms with E-state index in [-0.39, 0.29) is 0 Å². The summed E-state index contributed by atoms with van der Waals surface area (Å²) in [6.07, 6.45) is 7.62. The molecule has 14 heavy (non-hydrogen) atoms. The molecule has 0 bridgehead atoms. The van der Waals surface area contributed by atoms with Crippen molar-refractivity contribution in [2.24, 2.45) is 5.92 Å². The largest absolute Gasteiger partial charge is 0.0825 e. The van der Waals surface area contributed by atoms with Crippen LogP contribution in [0.1, 0.15) is 31.7 Å². The topological polar surface area (TPSA) is 0 Å². The molecule has 0 heteroatoms. The van der Waals surface area contributed by atoms with E-state index >= 15 is 0 Å². The Balaban J connectivity index is 1.86. The van der Waals surface area contributed by atoms with Crippen molar-refractivity contribution in [1.82, 2.24) is 0 Å². The van der Waals surface area contributed by atoms with Gasteiger partial charge in [-0.2, -0.15) is 0 Å². The van der Waals surface area contributed by atoms with Gasteiger partial charge in [0.25, 0.3) is 0 Å². The highest BCUT2D eigenvalue weighted by Crippen LogP contribution is 2.26. The molecule has 1 aliphatic rings. The Kier molecular flexibility index (Phi) is 3.03. The normalized spacial score (nSPS) is 20.9. The van der Waals surface area contributed by atoms with Gasteiger partial charge in [-0.15, -0.1) is 0 Å². The minimum Gasteiger partial charge on any atom is -0.0825 e. The van der Waals surface area contributed by atoms with E-state index in [2.05, 4.69) is 43.3 Å². The van der Waals surface area contributed by atoms with Crippen molar-refractivity contribution in [3.63, 3.8) is 0 Å². The van der Waals surface area contributed by atoms with Gasteiger partial charge in [-0.05, 0) is 37.2 Å². The highest BCUT2D eigenvalue weighted by Gasteiger charge is 2.10. The van der Waals surface area contributed by atoms with Crippen LogP contribution in [0.5, 0.6) is 0 Å². The molecular formula is C14H18. The van der Waals surface area contributed by atoms with Crippen LogP contribution in [-0.4, -0.2) is 0 Å². The number of hydrogen-bond acceptors (Lipinski definition) is 0. The molecule has 0 aliphatic heterocycles. The third kappa shape index (κ3) is 2.47. The average molecular weight is 186 g/mol. The molecule has 1 unspecified atom stereocenters. The van der Waals surface area contributed by atoms with Crippen molar-refractivity contribution in [2.75, 3.05) is 0 Å². The lowest BCUT2D eigenvalue weighted by Gasteiger charge is -2.01. The maximum Gasteiger partial charge on any atom is -0.0241 e. The molecule has 1 aromatic carbocycles. The van der Waals surface area contributed by atoms with Crippen molar-refractivity contribution in [3.05, 3.63) is 47.5 Å². The lowest BCUT2D eigenvalue weighted by Crippen LogP contribution is -1.86. The molecule has 0 N–H and O–H groups in total. The van der Waals surface area contributed by atoms with Gasteiger partial charge in [-0.1, -0.05) is 48.9 Å². The smallest absolute Gasteiger partial charge is 0.0241 e. The lowest BCUT2D eigenvalue weighted by atomic mass is 10.0. The maximum atomic E-state index is 2.46. The molecule has 1 atom stereocenters. The van der Waals surface area contributed by atoms with E-state index in [1.165, 1.54) is 31.2 Å². The molecule has 74 valence electrons. The van der Waals surface area contributed by atoms with E-state index in [1.807, 2.05) is 0 Å². The maximum absolute atomic E-state index is 2.46. The molecule has 0 aromatic heterocycles. The molecule has 0 fully saturated rings. The number of benzene rings is 1. The Hall–Kier alpha value is -1.04.